The molecule has 2 heterocycles. The summed E-state index contributed by atoms with van der Waals surface area (Å²) in [6.07, 6.45) is 2.92. The normalized spacial score (nSPS) is 13.0. The summed E-state index contributed by atoms with van der Waals surface area (Å²) in [5.74, 6) is 0. The molecule has 16 heavy (non-hydrogen) atoms. The molecule has 2 aromatic rings. The lowest BCUT2D eigenvalue weighted by Crippen LogP contribution is -2.11. The maximum Gasteiger partial charge on any atom is 0.0691 e. The van der Waals surface area contributed by atoms with Gasteiger partial charge in [0.1, 0.15) is 0 Å². The average molecular weight is 300 g/mol. The second kappa shape index (κ2) is 4.69. The molecule has 0 aliphatic carbocycles. The largest absolute Gasteiger partial charge is 0.319 e. The van der Waals surface area contributed by atoms with Crippen molar-refractivity contribution < 1.29 is 0 Å². The Kier molecular flexibility index (Phi) is 3.47. The third kappa shape index (κ3) is 2.07. The van der Waals surface area contributed by atoms with Crippen LogP contribution in [-0.4, -0.2) is 9.78 Å². The first-order valence-electron chi connectivity index (χ1n) is 5.14. The van der Waals surface area contributed by atoms with Crippen molar-refractivity contribution in [3.8, 4) is 0 Å². The molecule has 86 valence electrons. The van der Waals surface area contributed by atoms with Crippen molar-refractivity contribution in [2.45, 2.75) is 19.4 Å². The SMILES string of the molecule is CCc1nn(C)cc1C(N)c1sccc1Br. The zero-order valence-electron chi connectivity index (χ0n) is 9.27. The highest BCUT2D eigenvalue weighted by Gasteiger charge is 2.18. The Hall–Kier alpha value is -0.650. The van der Waals surface area contributed by atoms with Gasteiger partial charge in [-0.25, -0.2) is 0 Å². The van der Waals surface area contributed by atoms with E-state index in [0.29, 0.717) is 0 Å². The zero-order chi connectivity index (χ0) is 11.7. The Morgan fingerprint density at radius 1 is 1.62 bits per heavy atom. The monoisotopic (exact) mass is 299 g/mol. The van der Waals surface area contributed by atoms with Crippen molar-refractivity contribution >= 4 is 27.3 Å². The summed E-state index contributed by atoms with van der Waals surface area (Å²) in [6.45, 7) is 2.10. The topological polar surface area (TPSA) is 43.8 Å². The maximum absolute atomic E-state index is 6.28. The second-order valence-corrected chi connectivity index (χ2v) is 5.47. The molecule has 2 rings (SSSR count). The molecule has 0 saturated carbocycles. The molecule has 0 amide bonds. The van der Waals surface area contributed by atoms with Crippen molar-refractivity contribution in [2.75, 3.05) is 0 Å². The lowest BCUT2D eigenvalue weighted by molar-refractivity contribution is 0.746. The number of rotatable bonds is 3. The van der Waals surface area contributed by atoms with Gasteiger partial charge in [-0.2, -0.15) is 5.10 Å². The van der Waals surface area contributed by atoms with Gasteiger partial charge in [-0.15, -0.1) is 11.3 Å². The van der Waals surface area contributed by atoms with Gasteiger partial charge in [-0.3, -0.25) is 4.68 Å². The summed E-state index contributed by atoms with van der Waals surface area (Å²) in [5, 5.41) is 6.46. The molecular weight excluding hydrogens is 286 g/mol. The van der Waals surface area contributed by atoms with Crippen LogP contribution < -0.4 is 5.73 Å². The molecule has 0 radical (unpaired) electrons. The predicted molar refractivity (Wildman–Crippen MR) is 70.6 cm³/mol. The fourth-order valence-electron chi connectivity index (χ4n) is 1.76. The lowest BCUT2D eigenvalue weighted by Gasteiger charge is -2.09. The number of hydrogen-bond acceptors (Lipinski definition) is 3. The Labute approximate surface area is 107 Å². The van der Waals surface area contributed by atoms with Crippen LogP contribution in [0, 0.1) is 0 Å². The molecule has 1 atom stereocenters. The molecule has 0 aliphatic rings. The number of nitrogens with zero attached hydrogens (tertiary/aromatic N) is 2. The van der Waals surface area contributed by atoms with Crippen LogP contribution in [0.3, 0.4) is 0 Å². The molecule has 2 aromatic heterocycles. The number of halogens is 1. The summed E-state index contributed by atoms with van der Waals surface area (Å²) in [5.41, 5.74) is 8.48. The molecule has 3 nitrogen and oxygen atoms in total. The lowest BCUT2D eigenvalue weighted by atomic mass is 10.1. The highest BCUT2D eigenvalue weighted by molar-refractivity contribution is 9.10. The Balaban J connectivity index is 2.40. The average Bonchev–Trinajstić information content (AvgIpc) is 2.83. The second-order valence-electron chi connectivity index (χ2n) is 3.67. The van der Waals surface area contributed by atoms with Crippen molar-refractivity contribution in [1.29, 1.82) is 0 Å². The minimum atomic E-state index is -0.0852. The van der Waals surface area contributed by atoms with Gasteiger partial charge in [0.2, 0.25) is 0 Å². The summed E-state index contributed by atoms with van der Waals surface area (Å²) >= 11 is 5.19. The number of aromatic nitrogens is 2. The van der Waals surface area contributed by atoms with Crippen LogP contribution in [0.15, 0.2) is 22.1 Å². The molecule has 0 fully saturated rings. The van der Waals surface area contributed by atoms with Crippen molar-refractivity contribution in [1.82, 2.24) is 9.78 Å². The number of hydrogen-bond donors (Lipinski definition) is 1. The maximum atomic E-state index is 6.28. The van der Waals surface area contributed by atoms with E-state index in [9.17, 15) is 0 Å². The number of thiophene rings is 1. The van der Waals surface area contributed by atoms with Gasteiger partial charge in [-0.1, -0.05) is 6.92 Å². The highest BCUT2D eigenvalue weighted by atomic mass is 79.9. The van der Waals surface area contributed by atoms with Crippen LogP contribution in [-0.2, 0) is 13.5 Å². The summed E-state index contributed by atoms with van der Waals surface area (Å²) in [4.78, 5) is 1.16. The van der Waals surface area contributed by atoms with Crippen LogP contribution in [0.1, 0.15) is 29.1 Å². The summed E-state index contributed by atoms with van der Waals surface area (Å²) in [6, 6.07) is 1.94. The van der Waals surface area contributed by atoms with E-state index in [0.717, 1.165) is 27.0 Å². The molecule has 0 aliphatic heterocycles. The first kappa shape index (κ1) is 11.8. The molecule has 1 unspecified atom stereocenters. The van der Waals surface area contributed by atoms with E-state index in [1.165, 1.54) is 0 Å². The van der Waals surface area contributed by atoms with Crippen molar-refractivity contribution in [3.63, 3.8) is 0 Å². The van der Waals surface area contributed by atoms with Crippen LogP contribution in [0.5, 0.6) is 0 Å². The van der Waals surface area contributed by atoms with E-state index in [4.69, 9.17) is 5.73 Å². The Bertz CT molecular complexity index is 489. The Morgan fingerprint density at radius 2 is 2.38 bits per heavy atom. The van der Waals surface area contributed by atoms with Gasteiger partial charge in [0, 0.05) is 28.2 Å². The predicted octanol–water partition coefficient (Wildman–Crippen LogP) is 2.85. The molecule has 5 heteroatoms. The third-order valence-corrected chi connectivity index (χ3v) is 4.49. The van der Waals surface area contributed by atoms with Crippen LogP contribution >= 0.6 is 27.3 Å². The molecule has 0 aromatic carbocycles. The summed E-state index contributed by atoms with van der Waals surface area (Å²) < 4.78 is 2.91. The van der Waals surface area contributed by atoms with Gasteiger partial charge in [0.15, 0.2) is 0 Å². The van der Waals surface area contributed by atoms with Gasteiger partial charge in [-0.05, 0) is 33.8 Å². The fourth-order valence-corrected chi connectivity index (χ4v) is 3.40. The first-order valence-corrected chi connectivity index (χ1v) is 6.81. The van der Waals surface area contributed by atoms with Crippen molar-refractivity contribution in [2.24, 2.45) is 12.8 Å². The fraction of sp³-hybridized carbons (Fsp3) is 0.364. The molecule has 0 spiro atoms. The smallest absolute Gasteiger partial charge is 0.0691 e. The van der Waals surface area contributed by atoms with E-state index >= 15 is 0 Å². The summed E-state index contributed by atoms with van der Waals surface area (Å²) in [7, 11) is 1.93. The van der Waals surface area contributed by atoms with E-state index < -0.39 is 0 Å². The quantitative estimate of drug-likeness (QED) is 0.947. The van der Waals surface area contributed by atoms with E-state index in [1.807, 2.05) is 29.4 Å². The first-order chi connectivity index (χ1) is 7.63. The third-order valence-electron chi connectivity index (χ3n) is 2.53. The van der Waals surface area contributed by atoms with Gasteiger partial charge < -0.3 is 5.73 Å². The van der Waals surface area contributed by atoms with Gasteiger partial charge >= 0.3 is 0 Å². The Morgan fingerprint density at radius 3 is 2.94 bits per heavy atom. The molecule has 0 saturated heterocycles. The van der Waals surface area contributed by atoms with E-state index in [2.05, 4.69) is 28.0 Å². The number of aryl methyl sites for hydroxylation is 2. The standard InChI is InChI=1S/C11H14BrN3S/c1-3-9-7(6-15(2)14-9)10(13)11-8(12)4-5-16-11/h4-6,10H,3,13H2,1-2H3. The van der Waals surface area contributed by atoms with Gasteiger partial charge in [0.05, 0.1) is 11.7 Å². The van der Waals surface area contributed by atoms with E-state index in [-0.39, 0.29) is 6.04 Å². The molecular formula is C11H14BrN3S. The number of nitrogens with two attached hydrogens (primary N) is 1. The molecule has 0 bridgehead atoms. The van der Waals surface area contributed by atoms with Crippen LogP contribution in [0.25, 0.3) is 0 Å². The molecule has 2 N–H and O–H groups in total. The minimum absolute atomic E-state index is 0.0852. The zero-order valence-corrected chi connectivity index (χ0v) is 11.7. The minimum Gasteiger partial charge on any atom is -0.319 e. The highest BCUT2D eigenvalue weighted by Crippen LogP contribution is 2.32. The van der Waals surface area contributed by atoms with E-state index in [1.54, 1.807) is 11.3 Å². The van der Waals surface area contributed by atoms with Crippen molar-refractivity contribution in [3.05, 3.63) is 38.3 Å². The van der Waals surface area contributed by atoms with Crippen LogP contribution in [0.4, 0.5) is 0 Å². The van der Waals surface area contributed by atoms with Gasteiger partial charge in [0.25, 0.3) is 0 Å². The van der Waals surface area contributed by atoms with Crippen LogP contribution in [0.2, 0.25) is 0 Å².